The molecule has 2 aromatic heterocycles. The Morgan fingerprint density at radius 2 is 1.85 bits per heavy atom. The molecule has 2 heterocycles. The molecule has 1 amide bonds. The van der Waals surface area contributed by atoms with E-state index in [4.69, 9.17) is 9.72 Å². The summed E-state index contributed by atoms with van der Waals surface area (Å²) in [5, 5.41) is 2.98. The number of fused-ring (bicyclic) bond motifs is 1. The molecule has 1 aliphatic rings. The zero-order valence-electron chi connectivity index (χ0n) is 18.5. The zero-order chi connectivity index (χ0) is 22.8. The van der Waals surface area contributed by atoms with Crippen molar-refractivity contribution in [1.29, 1.82) is 0 Å². The molecule has 0 bridgehead atoms. The van der Waals surface area contributed by atoms with Gasteiger partial charge in [0.1, 0.15) is 11.5 Å². The number of anilines is 1. The maximum Gasteiger partial charge on any atom is 0.256 e. The number of carbonyl (C=O) groups is 1. The number of nitrogens with one attached hydrogen (secondary N) is 1. The second kappa shape index (κ2) is 8.71. The molecule has 2 aromatic carbocycles. The summed E-state index contributed by atoms with van der Waals surface area (Å²) in [5.74, 6) is 1.15. The van der Waals surface area contributed by atoms with E-state index in [1.807, 2.05) is 74.5 Å². The summed E-state index contributed by atoms with van der Waals surface area (Å²) in [7, 11) is 0. The summed E-state index contributed by atoms with van der Waals surface area (Å²) in [6, 6.07) is 19.1. The van der Waals surface area contributed by atoms with Crippen LogP contribution in [-0.2, 0) is 6.42 Å². The van der Waals surface area contributed by atoms with Gasteiger partial charge in [0.05, 0.1) is 11.4 Å². The third-order valence-electron chi connectivity index (χ3n) is 5.63. The average molecular weight is 434 g/mol. The predicted octanol–water partition coefficient (Wildman–Crippen LogP) is 6.37. The number of pyridine rings is 2. The molecular formula is C28H23N3O2. The van der Waals surface area contributed by atoms with Gasteiger partial charge in [-0.25, -0.2) is 0 Å². The maximum atomic E-state index is 13.0. The van der Waals surface area contributed by atoms with Crippen LogP contribution in [0.15, 0.2) is 79.1 Å². The SMILES string of the molecule is Cc1cccc(NC(=O)c2cc(Oc3cc(-c4ccncc4)nc4c3C=CC4)ccc2C)c1. The molecular weight excluding hydrogens is 410 g/mol. The normalized spacial score (nSPS) is 11.8. The number of aromatic nitrogens is 2. The second-order valence-electron chi connectivity index (χ2n) is 8.11. The summed E-state index contributed by atoms with van der Waals surface area (Å²) in [6.45, 7) is 3.92. The lowest BCUT2D eigenvalue weighted by Crippen LogP contribution is -2.13. The Kier molecular flexibility index (Phi) is 5.45. The molecule has 33 heavy (non-hydrogen) atoms. The van der Waals surface area contributed by atoms with Crippen molar-refractivity contribution in [3.63, 3.8) is 0 Å². The molecule has 5 rings (SSSR count). The number of aryl methyl sites for hydroxylation is 2. The van der Waals surface area contributed by atoms with E-state index >= 15 is 0 Å². The van der Waals surface area contributed by atoms with Gasteiger partial charge in [-0.1, -0.05) is 30.4 Å². The first-order valence-corrected chi connectivity index (χ1v) is 10.8. The highest BCUT2D eigenvalue weighted by Crippen LogP contribution is 2.35. The van der Waals surface area contributed by atoms with Gasteiger partial charge in [-0.15, -0.1) is 0 Å². The standard InChI is InChI=1S/C28H23N3O2/c1-18-5-3-6-21(15-18)30-28(32)24-16-22(10-9-19(24)2)33-27-17-26(20-11-13-29-14-12-20)31-25-8-4-7-23(25)27/h3-7,9-17H,8H2,1-2H3,(H,30,32). The van der Waals surface area contributed by atoms with E-state index in [0.717, 1.165) is 51.5 Å². The summed E-state index contributed by atoms with van der Waals surface area (Å²) >= 11 is 0. The van der Waals surface area contributed by atoms with Crippen molar-refractivity contribution in [1.82, 2.24) is 9.97 Å². The van der Waals surface area contributed by atoms with Crippen molar-refractivity contribution >= 4 is 17.7 Å². The summed E-state index contributed by atoms with van der Waals surface area (Å²) in [4.78, 5) is 21.9. The van der Waals surface area contributed by atoms with Crippen LogP contribution in [0.25, 0.3) is 17.3 Å². The molecule has 0 saturated carbocycles. The first kappa shape index (κ1) is 20.6. The van der Waals surface area contributed by atoms with E-state index < -0.39 is 0 Å². The summed E-state index contributed by atoms with van der Waals surface area (Å²) < 4.78 is 6.31. The van der Waals surface area contributed by atoms with E-state index in [0.29, 0.717) is 11.3 Å². The number of amides is 1. The molecule has 0 saturated heterocycles. The van der Waals surface area contributed by atoms with Crippen molar-refractivity contribution in [3.05, 3.63) is 107 Å². The predicted molar refractivity (Wildman–Crippen MR) is 131 cm³/mol. The molecule has 5 nitrogen and oxygen atoms in total. The molecule has 0 unspecified atom stereocenters. The van der Waals surface area contributed by atoms with Gasteiger partial charge in [-0.2, -0.15) is 0 Å². The van der Waals surface area contributed by atoms with Crippen molar-refractivity contribution in [2.24, 2.45) is 0 Å². The summed E-state index contributed by atoms with van der Waals surface area (Å²) in [5.41, 5.74) is 7.07. The number of hydrogen-bond donors (Lipinski definition) is 1. The number of carbonyl (C=O) groups excluding carboxylic acids is 1. The molecule has 1 aliphatic carbocycles. The molecule has 1 N–H and O–H groups in total. The lowest BCUT2D eigenvalue weighted by molar-refractivity contribution is 0.102. The van der Waals surface area contributed by atoms with E-state index in [2.05, 4.69) is 16.4 Å². The van der Waals surface area contributed by atoms with Gasteiger partial charge in [-0.05, 0) is 61.4 Å². The Bertz CT molecular complexity index is 1380. The first-order valence-electron chi connectivity index (χ1n) is 10.8. The highest BCUT2D eigenvalue weighted by atomic mass is 16.5. The minimum Gasteiger partial charge on any atom is -0.457 e. The van der Waals surface area contributed by atoms with Crippen LogP contribution in [0.4, 0.5) is 5.69 Å². The van der Waals surface area contributed by atoms with Crippen LogP contribution in [0.5, 0.6) is 11.5 Å². The molecule has 162 valence electrons. The Morgan fingerprint density at radius 1 is 1.00 bits per heavy atom. The molecule has 0 radical (unpaired) electrons. The Morgan fingerprint density at radius 3 is 2.67 bits per heavy atom. The fourth-order valence-electron chi connectivity index (χ4n) is 3.92. The molecule has 4 aromatic rings. The highest BCUT2D eigenvalue weighted by Gasteiger charge is 2.18. The van der Waals surface area contributed by atoms with Crippen molar-refractivity contribution < 1.29 is 9.53 Å². The van der Waals surface area contributed by atoms with Gasteiger partial charge in [0.15, 0.2) is 0 Å². The first-order chi connectivity index (χ1) is 16.1. The highest BCUT2D eigenvalue weighted by molar-refractivity contribution is 6.05. The maximum absolute atomic E-state index is 13.0. The average Bonchev–Trinajstić information content (AvgIpc) is 3.30. The van der Waals surface area contributed by atoms with E-state index in [1.54, 1.807) is 18.5 Å². The van der Waals surface area contributed by atoms with Gasteiger partial charge in [0.25, 0.3) is 5.91 Å². The second-order valence-corrected chi connectivity index (χ2v) is 8.11. The van der Waals surface area contributed by atoms with Crippen molar-refractivity contribution in [3.8, 4) is 22.8 Å². The van der Waals surface area contributed by atoms with Crippen LogP contribution in [0.1, 0.15) is 32.7 Å². The topological polar surface area (TPSA) is 64.1 Å². The summed E-state index contributed by atoms with van der Waals surface area (Å²) in [6.07, 6.45) is 8.39. The number of ether oxygens (including phenoxy) is 1. The third-order valence-corrected chi connectivity index (χ3v) is 5.63. The smallest absolute Gasteiger partial charge is 0.256 e. The van der Waals surface area contributed by atoms with Crippen molar-refractivity contribution in [2.45, 2.75) is 20.3 Å². The van der Waals surface area contributed by atoms with Crippen LogP contribution in [0, 0.1) is 13.8 Å². The molecule has 0 fully saturated rings. The Balaban J connectivity index is 1.46. The fraction of sp³-hybridized carbons (Fsp3) is 0.107. The van der Waals surface area contributed by atoms with Gasteiger partial charge >= 0.3 is 0 Å². The lowest BCUT2D eigenvalue weighted by atomic mass is 10.1. The number of rotatable bonds is 5. The lowest BCUT2D eigenvalue weighted by Gasteiger charge is -2.14. The molecule has 0 atom stereocenters. The largest absolute Gasteiger partial charge is 0.457 e. The monoisotopic (exact) mass is 433 g/mol. The van der Waals surface area contributed by atoms with Gasteiger partial charge < -0.3 is 10.1 Å². The fourth-order valence-corrected chi connectivity index (χ4v) is 3.92. The zero-order valence-corrected chi connectivity index (χ0v) is 18.5. The van der Waals surface area contributed by atoms with Gasteiger partial charge in [-0.3, -0.25) is 14.8 Å². The van der Waals surface area contributed by atoms with Crippen LogP contribution in [-0.4, -0.2) is 15.9 Å². The number of benzene rings is 2. The van der Waals surface area contributed by atoms with Crippen LogP contribution in [0.2, 0.25) is 0 Å². The molecule has 0 aliphatic heterocycles. The van der Waals surface area contributed by atoms with E-state index in [1.165, 1.54) is 0 Å². The van der Waals surface area contributed by atoms with Gasteiger partial charge in [0, 0.05) is 47.3 Å². The van der Waals surface area contributed by atoms with E-state index in [9.17, 15) is 4.79 Å². The Hall–Kier alpha value is -4.25. The minimum atomic E-state index is -0.166. The van der Waals surface area contributed by atoms with Crippen LogP contribution >= 0.6 is 0 Å². The molecule has 5 heteroatoms. The molecule has 0 spiro atoms. The number of allylic oxidation sites excluding steroid dienone is 1. The third kappa shape index (κ3) is 4.39. The van der Waals surface area contributed by atoms with Crippen LogP contribution < -0.4 is 10.1 Å². The Labute approximate surface area is 192 Å². The minimum absolute atomic E-state index is 0.166. The van der Waals surface area contributed by atoms with E-state index in [-0.39, 0.29) is 5.91 Å². The van der Waals surface area contributed by atoms with Crippen LogP contribution in [0.3, 0.4) is 0 Å². The van der Waals surface area contributed by atoms with Gasteiger partial charge in [0.2, 0.25) is 0 Å². The number of hydrogen-bond acceptors (Lipinski definition) is 4. The number of nitrogens with zero attached hydrogens (tertiary/aromatic N) is 2. The quantitative estimate of drug-likeness (QED) is 0.397. The van der Waals surface area contributed by atoms with Crippen molar-refractivity contribution in [2.75, 3.05) is 5.32 Å².